The van der Waals surface area contributed by atoms with Crippen LogP contribution in [0.3, 0.4) is 0 Å². The summed E-state index contributed by atoms with van der Waals surface area (Å²) in [6.07, 6.45) is -0.255. The molecule has 0 saturated carbocycles. The maximum absolute atomic E-state index is 13.4. The van der Waals surface area contributed by atoms with Gasteiger partial charge in [0, 0.05) is 24.2 Å². The third-order valence-electron chi connectivity index (χ3n) is 5.55. The van der Waals surface area contributed by atoms with Crippen molar-refractivity contribution < 1.29 is 19.7 Å². The molecule has 2 amide bonds. The summed E-state index contributed by atoms with van der Waals surface area (Å²) in [5.74, 6) is 1.10. The number of anilines is 3. The molecule has 34 heavy (non-hydrogen) atoms. The number of pyridine rings is 2. The van der Waals surface area contributed by atoms with Gasteiger partial charge in [0.05, 0.1) is 18.0 Å². The molecule has 0 saturated heterocycles. The standard InChI is InChI=1S/C25H29N5O4/c1-16-5-3-6-18(13-16)20-9-10-21-24(27-20)30(17(2)11-12-26-21)25(33)29-22-7-4-8-23(28-22)34-15-19(32)14-31/h3-10,13,17,19,26,31-32H,11-12,14-15H2,1-2H3,(H,28,29,33)/t17-,19-/m1/s1. The SMILES string of the molecule is Cc1cccc(-c2ccc3c(n2)N(C(=O)Nc2cccc(OC[C@H](O)CO)n2)[C@H](C)CCN3)c1. The molecule has 0 unspecified atom stereocenters. The van der Waals surface area contributed by atoms with Gasteiger partial charge in [-0.2, -0.15) is 4.98 Å². The Morgan fingerprint density at radius 3 is 2.85 bits per heavy atom. The van der Waals surface area contributed by atoms with E-state index < -0.39 is 12.7 Å². The van der Waals surface area contributed by atoms with Crippen molar-refractivity contribution in [1.82, 2.24) is 9.97 Å². The maximum atomic E-state index is 13.4. The number of ether oxygens (including phenoxy) is 1. The number of aliphatic hydroxyl groups is 2. The summed E-state index contributed by atoms with van der Waals surface area (Å²) in [4.78, 5) is 24.2. The summed E-state index contributed by atoms with van der Waals surface area (Å²) in [5, 5.41) is 24.6. The van der Waals surface area contributed by atoms with Gasteiger partial charge in [0.1, 0.15) is 18.5 Å². The van der Waals surface area contributed by atoms with Crippen molar-refractivity contribution in [3.63, 3.8) is 0 Å². The van der Waals surface area contributed by atoms with Gasteiger partial charge in [-0.05, 0) is 44.5 Å². The van der Waals surface area contributed by atoms with Crippen LogP contribution < -0.4 is 20.3 Å². The van der Waals surface area contributed by atoms with Crippen LogP contribution in [0.4, 0.5) is 22.1 Å². The zero-order valence-corrected chi connectivity index (χ0v) is 19.2. The van der Waals surface area contributed by atoms with Crippen LogP contribution in [0.1, 0.15) is 18.9 Å². The quantitative estimate of drug-likeness (QED) is 0.442. The second-order valence-electron chi connectivity index (χ2n) is 8.31. The van der Waals surface area contributed by atoms with Crippen LogP contribution in [0.25, 0.3) is 11.3 Å². The molecule has 178 valence electrons. The summed E-state index contributed by atoms with van der Waals surface area (Å²) in [6.45, 7) is 4.23. The third kappa shape index (κ3) is 5.44. The molecule has 9 nitrogen and oxygen atoms in total. The van der Waals surface area contributed by atoms with Gasteiger partial charge < -0.3 is 20.3 Å². The lowest BCUT2D eigenvalue weighted by Crippen LogP contribution is -2.42. The molecule has 9 heteroatoms. The predicted molar refractivity (Wildman–Crippen MR) is 131 cm³/mol. The van der Waals surface area contributed by atoms with Crippen molar-refractivity contribution in [2.45, 2.75) is 32.4 Å². The molecule has 0 aliphatic carbocycles. The second-order valence-corrected chi connectivity index (χ2v) is 8.31. The van der Waals surface area contributed by atoms with Crippen LogP contribution in [0, 0.1) is 6.92 Å². The molecule has 4 N–H and O–H groups in total. The number of nitrogens with one attached hydrogen (secondary N) is 2. The topological polar surface area (TPSA) is 120 Å². The molecule has 2 aromatic heterocycles. The number of amides is 2. The summed E-state index contributed by atoms with van der Waals surface area (Å²) in [6, 6.07) is 16.5. The third-order valence-corrected chi connectivity index (χ3v) is 5.55. The van der Waals surface area contributed by atoms with Crippen LogP contribution in [-0.2, 0) is 0 Å². The van der Waals surface area contributed by atoms with Crippen molar-refractivity contribution in [3.05, 3.63) is 60.2 Å². The number of rotatable bonds is 6. The highest BCUT2D eigenvalue weighted by Crippen LogP contribution is 2.33. The number of aryl methyl sites for hydroxylation is 1. The van der Waals surface area contributed by atoms with Crippen LogP contribution in [-0.4, -0.2) is 58.1 Å². The van der Waals surface area contributed by atoms with Crippen LogP contribution >= 0.6 is 0 Å². The smallest absolute Gasteiger partial charge is 0.328 e. The summed E-state index contributed by atoms with van der Waals surface area (Å²) >= 11 is 0. The van der Waals surface area contributed by atoms with E-state index in [2.05, 4.69) is 21.7 Å². The van der Waals surface area contributed by atoms with E-state index in [-0.39, 0.29) is 24.6 Å². The van der Waals surface area contributed by atoms with E-state index in [1.54, 1.807) is 23.1 Å². The van der Waals surface area contributed by atoms with Gasteiger partial charge in [0.2, 0.25) is 5.88 Å². The number of urea groups is 1. The number of aromatic nitrogens is 2. The van der Waals surface area contributed by atoms with Gasteiger partial charge in [-0.1, -0.05) is 29.8 Å². The Bertz CT molecular complexity index is 1160. The Kier molecular flexibility index (Phi) is 7.24. The van der Waals surface area contributed by atoms with E-state index in [9.17, 15) is 9.90 Å². The van der Waals surface area contributed by atoms with Crippen molar-refractivity contribution >= 4 is 23.4 Å². The summed E-state index contributed by atoms with van der Waals surface area (Å²) < 4.78 is 5.39. The molecule has 1 aliphatic rings. The van der Waals surface area contributed by atoms with E-state index >= 15 is 0 Å². The Morgan fingerprint density at radius 2 is 2.06 bits per heavy atom. The zero-order valence-electron chi connectivity index (χ0n) is 19.2. The molecule has 4 rings (SSSR count). The van der Waals surface area contributed by atoms with E-state index in [1.807, 2.05) is 44.2 Å². The molecule has 3 heterocycles. The average molecular weight is 464 g/mol. The first-order chi connectivity index (χ1) is 16.4. The maximum Gasteiger partial charge on any atom is 0.328 e. The van der Waals surface area contributed by atoms with Crippen molar-refractivity contribution in [2.24, 2.45) is 0 Å². The minimum atomic E-state index is -1.00. The fraction of sp³-hybridized carbons (Fsp3) is 0.320. The minimum absolute atomic E-state index is 0.102. The molecule has 0 spiro atoms. The molecule has 0 radical (unpaired) electrons. The van der Waals surface area contributed by atoms with Crippen molar-refractivity contribution in [1.29, 1.82) is 0 Å². The summed E-state index contributed by atoms with van der Waals surface area (Å²) in [7, 11) is 0. The van der Waals surface area contributed by atoms with Gasteiger partial charge in [-0.25, -0.2) is 9.78 Å². The van der Waals surface area contributed by atoms with Crippen molar-refractivity contribution in [3.8, 4) is 17.1 Å². The lowest BCUT2D eigenvalue weighted by molar-refractivity contribution is 0.0521. The van der Waals surface area contributed by atoms with Crippen LogP contribution in [0.15, 0.2) is 54.6 Å². The first-order valence-electron chi connectivity index (χ1n) is 11.3. The molecule has 0 fully saturated rings. The van der Waals surface area contributed by atoms with Gasteiger partial charge >= 0.3 is 6.03 Å². The zero-order chi connectivity index (χ0) is 24.1. The number of fused-ring (bicyclic) bond motifs is 1. The molecule has 1 aliphatic heterocycles. The minimum Gasteiger partial charge on any atom is -0.475 e. The lowest BCUT2D eigenvalue weighted by atomic mass is 10.1. The molecule has 2 atom stereocenters. The molecule has 0 bridgehead atoms. The Morgan fingerprint density at radius 1 is 1.24 bits per heavy atom. The fourth-order valence-corrected chi connectivity index (χ4v) is 3.75. The number of carbonyl (C=O) groups excluding carboxylic acids is 1. The number of aliphatic hydroxyl groups excluding tert-OH is 2. The van der Waals surface area contributed by atoms with Crippen LogP contribution in [0.2, 0.25) is 0 Å². The van der Waals surface area contributed by atoms with E-state index in [4.69, 9.17) is 14.8 Å². The van der Waals surface area contributed by atoms with E-state index in [1.165, 1.54) is 0 Å². The first-order valence-corrected chi connectivity index (χ1v) is 11.3. The second kappa shape index (κ2) is 10.5. The molecule has 3 aromatic rings. The monoisotopic (exact) mass is 463 g/mol. The first kappa shape index (κ1) is 23.5. The largest absolute Gasteiger partial charge is 0.475 e. The van der Waals surface area contributed by atoms with Gasteiger partial charge in [-0.15, -0.1) is 0 Å². The highest BCUT2D eigenvalue weighted by Gasteiger charge is 2.29. The Labute approximate surface area is 198 Å². The van der Waals surface area contributed by atoms with Gasteiger partial charge in [0.15, 0.2) is 5.82 Å². The normalized spacial score (nSPS) is 16.1. The number of hydrogen-bond donors (Lipinski definition) is 4. The summed E-state index contributed by atoms with van der Waals surface area (Å²) in [5.41, 5.74) is 3.69. The fourth-order valence-electron chi connectivity index (χ4n) is 3.75. The highest BCUT2D eigenvalue weighted by molar-refractivity contribution is 6.03. The van der Waals surface area contributed by atoms with E-state index in [0.717, 1.165) is 35.5 Å². The molecular formula is C25H29N5O4. The van der Waals surface area contributed by atoms with Crippen molar-refractivity contribution in [2.75, 3.05) is 35.3 Å². The number of nitrogens with zero attached hydrogens (tertiary/aromatic N) is 3. The van der Waals surface area contributed by atoms with Gasteiger partial charge in [-0.3, -0.25) is 10.2 Å². The Balaban J connectivity index is 1.60. The van der Waals surface area contributed by atoms with Gasteiger partial charge in [0.25, 0.3) is 0 Å². The number of benzene rings is 1. The molecule has 1 aromatic carbocycles. The predicted octanol–water partition coefficient (Wildman–Crippen LogP) is 3.43. The Hall–Kier alpha value is -3.69. The van der Waals surface area contributed by atoms with Crippen LogP contribution in [0.5, 0.6) is 5.88 Å². The van der Waals surface area contributed by atoms with E-state index in [0.29, 0.717) is 11.6 Å². The lowest BCUT2D eigenvalue weighted by Gasteiger charge is -2.27. The number of carbonyl (C=O) groups is 1. The average Bonchev–Trinajstić information content (AvgIpc) is 3.00. The molecular weight excluding hydrogens is 434 g/mol. The highest BCUT2D eigenvalue weighted by atomic mass is 16.5. The number of hydrogen-bond acceptors (Lipinski definition) is 7.